The molecule has 0 aliphatic carbocycles. The molecule has 0 aromatic heterocycles. The lowest BCUT2D eigenvalue weighted by atomic mass is 9.53. The average Bonchev–Trinajstić information content (AvgIpc) is 3.02. The van der Waals surface area contributed by atoms with E-state index >= 15 is 0 Å². The van der Waals surface area contributed by atoms with Gasteiger partial charge < -0.3 is 10.4 Å². The van der Waals surface area contributed by atoms with Crippen LogP contribution in [-0.2, 0) is 9.59 Å². The molecular weight excluding hydrogens is 382 g/mol. The topological polar surface area (TPSA) is 93.4 Å². The van der Waals surface area contributed by atoms with Gasteiger partial charge in [0.1, 0.15) is 4.32 Å². The van der Waals surface area contributed by atoms with Gasteiger partial charge >= 0.3 is 0 Å². The van der Waals surface area contributed by atoms with E-state index in [0.29, 0.717) is 17.3 Å². The van der Waals surface area contributed by atoms with Crippen LogP contribution in [-0.4, -0.2) is 51.1 Å². The van der Waals surface area contributed by atoms with Crippen LogP contribution in [0.1, 0.15) is 54.4 Å². The van der Waals surface area contributed by atoms with E-state index in [1.165, 1.54) is 11.8 Å². The Hall–Kier alpha value is -1.17. The summed E-state index contributed by atoms with van der Waals surface area (Å²) in [4.78, 5) is 26.9. The molecule has 0 saturated carbocycles. The van der Waals surface area contributed by atoms with Gasteiger partial charge in [-0.25, -0.2) is 0 Å². The Kier molecular flexibility index (Phi) is 7.86. The number of aliphatic hydroxyl groups is 1. The number of amides is 2. The van der Waals surface area contributed by atoms with Crippen molar-refractivity contribution in [3.8, 4) is 6.07 Å². The van der Waals surface area contributed by atoms with Crippen LogP contribution >= 0.6 is 24.0 Å². The molecule has 0 spiro atoms. The monoisotopic (exact) mass is 413 g/mol. The molecule has 0 aromatic rings. The van der Waals surface area contributed by atoms with Gasteiger partial charge in [-0.05, 0) is 25.7 Å². The van der Waals surface area contributed by atoms with Crippen molar-refractivity contribution in [1.29, 1.82) is 5.26 Å². The van der Waals surface area contributed by atoms with Crippen LogP contribution in [0, 0.1) is 27.6 Å². The molecule has 1 rings (SSSR count). The molecule has 1 fully saturated rings. The summed E-state index contributed by atoms with van der Waals surface area (Å²) in [7, 11) is 0. The summed E-state index contributed by atoms with van der Waals surface area (Å²) < 4.78 is 0.593. The number of hydrogen-bond acceptors (Lipinski definition) is 6. The van der Waals surface area contributed by atoms with Crippen LogP contribution in [0.25, 0.3) is 0 Å². The number of nitriles is 1. The average molecular weight is 414 g/mol. The van der Waals surface area contributed by atoms with Crippen molar-refractivity contribution < 1.29 is 14.7 Å². The Balaban J connectivity index is 2.94. The number of thiocarbonyl (C=S) groups is 1. The van der Waals surface area contributed by atoms with Gasteiger partial charge in [-0.1, -0.05) is 51.7 Å². The fourth-order valence-electron chi connectivity index (χ4n) is 3.05. The maximum atomic E-state index is 12.7. The third-order valence-electron chi connectivity index (χ3n) is 6.22. The number of hydrogen-bond donors (Lipinski definition) is 2. The zero-order chi connectivity index (χ0) is 21.0. The van der Waals surface area contributed by atoms with E-state index in [1.807, 2.05) is 13.8 Å². The summed E-state index contributed by atoms with van der Waals surface area (Å²) in [5, 5.41) is 22.1. The molecule has 1 aliphatic heterocycles. The molecular formula is C19H31N3O3S2. The predicted molar refractivity (Wildman–Crippen MR) is 112 cm³/mol. The summed E-state index contributed by atoms with van der Waals surface area (Å²) in [6.07, 6.45) is -0.0961. The highest BCUT2D eigenvalue weighted by molar-refractivity contribution is 8.23. The molecule has 152 valence electrons. The van der Waals surface area contributed by atoms with Crippen molar-refractivity contribution in [3.05, 3.63) is 0 Å². The fourth-order valence-corrected chi connectivity index (χ4v) is 4.30. The van der Waals surface area contributed by atoms with E-state index in [4.69, 9.17) is 12.2 Å². The normalized spacial score (nSPS) is 18.6. The van der Waals surface area contributed by atoms with Crippen molar-refractivity contribution in [2.45, 2.75) is 60.5 Å². The van der Waals surface area contributed by atoms with E-state index in [0.717, 1.165) is 5.75 Å². The van der Waals surface area contributed by atoms with Gasteiger partial charge in [-0.2, -0.15) is 5.26 Å². The Morgan fingerprint density at radius 2 is 1.96 bits per heavy atom. The van der Waals surface area contributed by atoms with Crippen LogP contribution < -0.4 is 5.32 Å². The van der Waals surface area contributed by atoms with Crippen LogP contribution in [0.5, 0.6) is 0 Å². The molecule has 0 bridgehead atoms. The molecule has 1 saturated heterocycles. The first-order valence-corrected chi connectivity index (χ1v) is 10.5. The van der Waals surface area contributed by atoms with E-state index in [2.05, 4.69) is 11.4 Å². The molecule has 2 atom stereocenters. The van der Waals surface area contributed by atoms with Crippen LogP contribution in [0.3, 0.4) is 0 Å². The van der Waals surface area contributed by atoms with Gasteiger partial charge in [-0.3, -0.25) is 14.5 Å². The number of nitrogens with one attached hydrogen (secondary N) is 1. The third-order valence-corrected chi connectivity index (χ3v) is 7.64. The summed E-state index contributed by atoms with van der Waals surface area (Å²) in [6.45, 7) is 11.6. The molecule has 6 nitrogen and oxygen atoms in total. The van der Waals surface area contributed by atoms with Gasteiger partial charge in [0.05, 0.1) is 23.0 Å². The minimum absolute atomic E-state index is 0.0707. The standard InChI is InChI=1S/C19H31N3O3S2/c1-13(23)11-21-15(25)17(2,3)18(4,5)19(6,12-20)8-7-14(24)22-9-10-27-16(22)26/h13,23H,7-11H2,1-6H3,(H,21,25). The van der Waals surface area contributed by atoms with Gasteiger partial charge in [0.25, 0.3) is 0 Å². The predicted octanol–water partition coefficient (Wildman–Crippen LogP) is 2.71. The fraction of sp³-hybridized carbons (Fsp3) is 0.789. The number of thioether (sulfide) groups is 1. The van der Waals surface area contributed by atoms with Gasteiger partial charge in [-0.15, -0.1) is 0 Å². The van der Waals surface area contributed by atoms with E-state index in [-0.39, 0.29) is 24.8 Å². The van der Waals surface area contributed by atoms with Crippen molar-refractivity contribution in [2.24, 2.45) is 16.2 Å². The van der Waals surface area contributed by atoms with Crippen LogP contribution in [0.4, 0.5) is 0 Å². The Morgan fingerprint density at radius 1 is 1.37 bits per heavy atom. The number of carbonyl (C=O) groups excluding carboxylic acids is 2. The van der Waals surface area contributed by atoms with E-state index in [1.54, 1.807) is 32.6 Å². The van der Waals surface area contributed by atoms with Crippen LogP contribution in [0.2, 0.25) is 0 Å². The molecule has 2 N–H and O–H groups in total. The van der Waals surface area contributed by atoms with Gasteiger partial charge in [0.15, 0.2) is 0 Å². The minimum Gasteiger partial charge on any atom is -0.392 e. The maximum absolute atomic E-state index is 12.7. The van der Waals surface area contributed by atoms with Crippen molar-refractivity contribution in [2.75, 3.05) is 18.8 Å². The zero-order valence-electron chi connectivity index (χ0n) is 17.1. The first kappa shape index (κ1) is 23.9. The molecule has 2 unspecified atom stereocenters. The molecule has 0 radical (unpaired) electrons. The highest BCUT2D eigenvalue weighted by Crippen LogP contribution is 2.53. The van der Waals surface area contributed by atoms with Crippen LogP contribution in [0.15, 0.2) is 0 Å². The van der Waals surface area contributed by atoms with Gasteiger partial charge in [0.2, 0.25) is 11.8 Å². The Bertz CT molecular complexity index is 641. The van der Waals surface area contributed by atoms with E-state index < -0.39 is 22.3 Å². The van der Waals surface area contributed by atoms with Crippen molar-refractivity contribution in [3.63, 3.8) is 0 Å². The van der Waals surface area contributed by atoms with Crippen molar-refractivity contribution in [1.82, 2.24) is 10.2 Å². The first-order valence-electron chi connectivity index (χ1n) is 9.15. The lowest BCUT2D eigenvalue weighted by Crippen LogP contribution is -2.54. The highest BCUT2D eigenvalue weighted by Gasteiger charge is 2.54. The van der Waals surface area contributed by atoms with E-state index in [9.17, 15) is 20.0 Å². The quantitative estimate of drug-likeness (QED) is 0.594. The smallest absolute Gasteiger partial charge is 0.228 e. The minimum atomic E-state index is -0.900. The highest BCUT2D eigenvalue weighted by atomic mass is 32.2. The number of nitrogens with zero attached hydrogens (tertiary/aromatic N) is 2. The summed E-state index contributed by atoms with van der Waals surface area (Å²) >= 11 is 6.69. The molecule has 1 aliphatic rings. The number of carbonyl (C=O) groups is 2. The second kappa shape index (κ2) is 8.89. The summed E-state index contributed by atoms with van der Waals surface area (Å²) in [6, 6.07) is 2.36. The largest absolute Gasteiger partial charge is 0.392 e. The lowest BCUT2D eigenvalue weighted by molar-refractivity contribution is -0.141. The van der Waals surface area contributed by atoms with Gasteiger partial charge in [0, 0.05) is 25.3 Å². The zero-order valence-corrected chi connectivity index (χ0v) is 18.7. The summed E-state index contributed by atoms with van der Waals surface area (Å²) in [5.74, 6) is 0.513. The summed E-state index contributed by atoms with van der Waals surface area (Å²) in [5.41, 5.74) is -2.50. The Morgan fingerprint density at radius 3 is 2.41 bits per heavy atom. The molecule has 8 heteroatoms. The lowest BCUT2D eigenvalue weighted by Gasteiger charge is -2.49. The third kappa shape index (κ3) is 5.01. The first-order chi connectivity index (χ1) is 12.3. The molecule has 1 heterocycles. The molecule has 27 heavy (non-hydrogen) atoms. The second-order valence-electron chi connectivity index (χ2n) is 8.41. The SMILES string of the molecule is CC(O)CNC(=O)C(C)(C)C(C)(C)C(C)(C#N)CCC(=O)N1CCSC1=S. The van der Waals surface area contributed by atoms with Crippen molar-refractivity contribution >= 4 is 40.1 Å². The second-order valence-corrected chi connectivity index (χ2v) is 10.1. The number of aliphatic hydroxyl groups excluding tert-OH is 1. The molecule has 0 aromatic carbocycles. The maximum Gasteiger partial charge on any atom is 0.228 e. The molecule has 2 amide bonds. The number of rotatable bonds is 8. The Labute approximate surface area is 172 Å².